The standard InChI is InChI=1S/C18H19N3O3S/c1-11(18-20-17(21-24-18)12-4-5-12)19-16(22)9-7-13-6-8-14(23-13)15-3-2-10-25-15/h2-3,6,8,10-12H,4-5,7,9H2,1H3,(H,19,22)/t11-/m0/s1. The molecule has 7 heteroatoms. The molecule has 0 saturated heterocycles. The largest absolute Gasteiger partial charge is 0.460 e. The van der Waals surface area contributed by atoms with Crippen molar-refractivity contribution in [1.29, 1.82) is 0 Å². The summed E-state index contributed by atoms with van der Waals surface area (Å²) in [5.41, 5.74) is 0. The molecule has 3 heterocycles. The van der Waals surface area contributed by atoms with Gasteiger partial charge >= 0.3 is 0 Å². The predicted molar refractivity (Wildman–Crippen MR) is 93.2 cm³/mol. The van der Waals surface area contributed by atoms with Gasteiger partial charge in [0.2, 0.25) is 11.8 Å². The Morgan fingerprint density at radius 1 is 1.40 bits per heavy atom. The smallest absolute Gasteiger partial charge is 0.248 e. The van der Waals surface area contributed by atoms with E-state index in [1.165, 1.54) is 0 Å². The normalized spacial score (nSPS) is 15.2. The Hall–Kier alpha value is -2.41. The molecule has 0 unspecified atom stereocenters. The number of thiophene rings is 1. The van der Waals surface area contributed by atoms with Gasteiger partial charge < -0.3 is 14.3 Å². The Bertz CT molecular complexity index is 849. The lowest BCUT2D eigenvalue weighted by molar-refractivity contribution is -0.121. The monoisotopic (exact) mass is 357 g/mol. The number of amides is 1. The topological polar surface area (TPSA) is 81.2 Å². The number of rotatable bonds is 7. The Morgan fingerprint density at radius 2 is 2.28 bits per heavy atom. The van der Waals surface area contributed by atoms with Crippen LogP contribution in [0.15, 0.2) is 38.6 Å². The van der Waals surface area contributed by atoms with E-state index in [9.17, 15) is 4.79 Å². The van der Waals surface area contributed by atoms with E-state index >= 15 is 0 Å². The van der Waals surface area contributed by atoms with E-state index in [2.05, 4.69) is 15.5 Å². The molecule has 0 radical (unpaired) electrons. The molecule has 1 amide bonds. The van der Waals surface area contributed by atoms with Gasteiger partial charge in [0.15, 0.2) is 5.82 Å². The van der Waals surface area contributed by atoms with Crippen LogP contribution < -0.4 is 5.32 Å². The van der Waals surface area contributed by atoms with E-state index in [0.29, 0.717) is 24.7 Å². The second-order valence-corrected chi connectivity index (χ2v) is 7.25. The molecule has 1 aliphatic rings. The number of aryl methyl sites for hydroxylation is 1. The van der Waals surface area contributed by atoms with Gasteiger partial charge in [0.25, 0.3) is 0 Å². The number of carbonyl (C=O) groups excluding carboxylic acids is 1. The minimum absolute atomic E-state index is 0.0623. The molecule has 0 aliphatic heterocycles. The lowest BCUT2D eigenvalue weighted by Crippen LogP contribution is -2.27. The maximum absolute atomic E-state index is 12.1. The summed E-state index contributed by atoms with van der Waals surface area (Å²) in [6.07, 6.45) is 3.15. The van der Waals surface area contributed by atoms with Gasteiger partial charge in [0.05, 0.1) is 4.88 Å². The average molecular weight is 357 g/mol. The number of nitrogens with zero attached hydrogens (tertiary/aromatic N) is 2. The minimum Gasteiger partial charge on any atom is -0.460 e. The Morgan fingerprint density at radius 3 is 3.04 bits per heavy atom. The highest BCUT2D eigenvalue weighted by Gasteiger charge is 2.29. The highest BCUT2D eigenvalue weighted by molar-refractivity contribution is 7.13. The summed E-state index contributed by atoms with van der Waals surface area (Å²) in [5.74, 6) is 3.25. The quantitative estimate of drug-likeness (QED) is 0.689. The van der Waals surface area contributed by atoms with Crippen LogP contribution in [0.1, 0.15) is 55.6 Å². The first kappa shape index (κ1) is 16.1. The van der Waals surface area contributed by atoms with Gasteiger partial charge in [-0.2, -0.15) is 4.98 Å². The van der Waals surface area contributed by atoms with Gasteiger partial charge in [-0.3, -0.25) is 4.79 Å². The van der Waals surface area contributed by atoms with E-state index in [1.54, 1.807) is 11.3 Å². The zero-order valence-corrected chi connectivity index (χ0v) is 14.7. The molecular formula is C18H19N3O3S. The Balaban J connectivity index is 1.28. The van der Waals surface area contributed by atoms with Crippen molar-refractivity contribution in [3.05, 3.63) is 47.1 Å². The molecular weight excluding hydrogens is 338 g/mol. The fourth-order valence-corrected chi connectivity index (χ4v) is 3.29. The molecule has 1 atom stereocenters. The fourth-order valence-electron chi connectivity index (χ4n) is 2.61. The van der Waals surface area contributed by atoms with Crippen LogP contribution in [0, 0.1) is 0 Å². The van der Waals surface area contributed by atoms with Crippen molar-refractivity contribution < 1.29 is 13.7 Å². The van der Waals surface area contributed by atoms with Gasteiger partial charge in [0.1, 0.15) is 17.6 Å². The summed E-state index contributed by atoms with van der Waals surface area (Å²) in [5, 5.41) is 8.89. The van der Waals surface area contributed by atoms with Crippen molar-refractivity contribution in [3.8, 4) is 10.6 Å². The van der Waals surface area contributed by atoms with Crippen LogP contribution in [-0.4, -0.2) is 16.0 Å². The third kappa shape index (κ3) is 3.82. The molecule has 3 aromatic rings. The molecule has 130 valence electrons. The van der Waals surface area contributed by atoms with E-state index in [4.69, 9.17) is 8.94 Å². The van der Waals surface area contributed by atoms with Crippen LogP contribution in [0.4, 0.5) is 0 Å². The molecule has 3 aromatic heterocycles. The highest BCUT2D eigenvalue weighted by Crippen LogP contribution is 2.38. The Labute approximate surface area is 149 Å². The summed E-state index contributed by atoms with van der Waals surface area (Å²) >= 11 is 1.63. The van der Waals surface area contributed by atoms with E-state index < -0.39 is 0 Å². The molecule has 1 N–H and O–H groups in total. The van der Waals surface area contributed by atoms with Gasteiger partial charge in [0, 0.05) is 18.8 Å². The number of hydrogen-bond acceptors (Lipinski definition) is 6. The summed E-state index contributed by atoms with van der Waals surface area (Å²) in [4.78, 5) is 17.6. The Kier molecular flexibility index (Phi) is 4.40. The number of aromatic nitrogens is 2. The summed E-state index contributed by atoms with van der Waals surface area (Å²) in [6, 6.07) is 7.59. The van der Waals surface area contributed by atoms with Crippen molar-refractivity contribution in [2.45, 2.75) is 44.6 Å². The van der Waals surface area contributed by atoms with E-state index in [0.717, 1.165) is 35.1 Å². The van der Waals surface area contributed by atoms with Crippen molar-refractivity contribution in [3.63, 3.8) is 0 Å². The number of hydrogen-bond donors (Lipinski definition) is 1. The number of nitrogens with one attached hydrogen (secondary N) is 1. The molecule has 1 fully saturated rings. The third-order valence-corrected chi connectivity index (χ3v) is 5.06. The average Bonchev–Trinajstić information content (AvgIpc) is 3.06. The van der Waals surface area contributed by atoms with E-state index in [-0.39, 0.29) is 11.9 Å². The van der Waals surface area contributed by atoms with Crippen molar-refractivity contribution in [2.24, 2.45) is 0 Å². The van der Waals surface area contributed by atoms with Crippen LogP contribution in [0.2, 0.25) is 0 Å². The first-order valence-corrected chi connectivity index (χ1v) is 9.32. The molecule has 0 spiro atoms. The zero-order valence-electron chi connectivity index (χ0n) is 13.9. The molecule has 0 aromatic carbocycles. The molecule has 4 rings (SSSR count). The third-order valence-electron chi connectivity index (χ3n) is 4.17. The van der Waals surface area contributed by atoms with Crippen LogP contribution >= 0.6 is 11.3 Å². The second kappa shape index (κ2) is 6.84. The van der Waals surface area contributed by atoms with Crippen LogP contribution in [0.3, 0.4) is 0 Å². The lowest BCUT2D eigenvalue weighted by atomic mass is 10.2. The molecule has 25 heavy (non-hydrogen) atoms. The SMILES string of the molecule is C[C@H](NC(=O)CCc1ccc(-c2cccs2)o1)c1nc(C2CC2)no1. The zero-order chi connectivity index (χ0) is 17.2. The molecule has 1 saturated carbocycles. The molecule has 1 aliphatic carbocycles. The maximum atomic E-state index is 12.1. The van der Waals surface area contributed by atoms with Crippen molar-refractivity contribution >= 4 is 17.2 Å². The number of furan rings is 1. The van der Waals surface area contributed by atoms with E-state index in [1.807, 2.05) is 36.6 Å². The first-order chi connectivity index (χ1) is 12.2. The predicted octanol–water partition coefficient (Wildman–Crippen LogP) is 4.08. The molecule has 6 nitrogen and oxygen atoms in total. The van der Waals surface area contributed by atoms with Crippen LogP contribution in [-0.2, 0) is 11.2 Å². The van der Waals surface area contributed by atoms with Gasteiger partial charge in [-0.05, 0) is 43.3 Å². The second-order valence-electron chi connectivity index (χ2n) is 6.30. The van der Waals surface area contributed by atoms with Gasteiger partial charge in [-0.15, -0.1) is 11.3 Å². The maximum Gasteiger partial charge on any atom is 0.248 e. The highest BCUT2D eigenvalue weighted by atomic mass is 32.1. The lowest BCUT2D eigenvalue weighted by Gasteiger charge is -2.08. The van der Waals surface area contributed by atoms with Gasteiger partial charge in [-0.25, -0.2) is 0 Å². The summed E-state index contributed by atoms with van der Waals surface area (Å²) in [6.45, 7) is 1.85. The van der Waals surface area contributed by atoms with Crippen molar-refractivity contribution in [1.82, 2.24) is 15.5 Å². The van der Waals surface area contributed by atoms with Crippen LogP contribution in [0.5, 0.6) is 0 Å². The molecule has 0 bridgehead atoms. The summed E-state index contributed by atoms with van der Waals surface area (Å²) in [7, 11) is 0. The minimum atomic E-state index is -0.286. The first-order valence-electron chi connectivity index (χ1n) is 8.44. The van der Waals surface area contributed by atoms with Crippen molar-refractivity contribution in [2.75, 3.05) is 0 Å². The fraction of sp³-hybridized carbons (Fsp3) is 0.389. The number of carbonyl (C=O) groups is 1. The van der Waals surface area contributed by atoms with Gasteiger partial charge in [-0.1, -0.05) is 11.2 Å². The summed E-state index contributed by atoms with van der Waals surface area (Å²) < 4.78 is 11.0. The van der Waals surface area contributed by atoms with Crippen LogP contribution in [0.25, 0.3) is 10.6 Å².